The lowest BCUT2D eigenvalue weighted by Gasteiger charge is -2.44. The second-order valence-corrected chi connectivity index (χ2v) is 16.6. The van der Waals surface area contributed by atoms with E-state index >= 15 is 0 Å². The number of hydrogen-bond donors (Lipinski definition) is 0. The molecule has 0 unspecified atom stereocenters. The molecule has 0 aliphatic heterocycles. The van der Waals surface area contributed by atoms with E-state index in [0.717, 1.165) is 11.2 Å². The summed E-state index contributed by atoms with van der Waals surface area (Å²) < 4.78 is 4.81. The van der Waals surface area contributed by atoms with Crippen LogP contribution in [0.2, 0.25) is 0 Å². The first kappa shape index (κ1) is 28.2. The van der Waals surface area contributed by atoms with Gasteiger partial charge in [-0.1, -0.05) is 110 Å². The van der Waals surface area contributed by atoms with Crippen molar-refractivity contribution < 1.29 is 0 Å². The van der Waals surface area contributed by atoms with Crippen LogP contribution in [0.5, 0.6) is 0 Å². The second kappa shape index (κ2) is 8.57. The molecule has 0 fully saturated rings. The van der Waals surface area contributed by atoms with Gasteiger partial charge in [-0.05, 0) is 92.1 Å². The van der Waals surface area contributed by atoms with Crippen LogP contribution in [0.3, 0.4) is 0 Å². The minimum Gasteiger partial charge on any atom is -0.309 e. The van der Waals surface area contributed by atoms with Crippen LogP contribution in [-0.2, 0) is 16.2 Å². The van der Waals surface area contributed by atoms with Gasteiger partial charge in [0.25, 0.3) is 0 Å². The fraction of sp³-hybridized carbons (Fsp3) is 0.267. The maximum atomic E-state index is 5.37. The van der Waals surface area contributed by atoms with Gasteiger partial charge in [0.15, 0.2) is 0 Å². The Morgan fingerprint density at radius 3 is 2.00 bits per heavy atom. The summed E-state index contributed by atoms with van der Waals surface area (Å²) >= 11 is 0. The van der Waals surface area contributed by atoms with Gasteiger partial charge in [-0.15, -0.1) is 0 Å². The first-order chi connectivity index (χ1) is 22.8. The van der Waals surface area contributed by atoms with Crippen molar-refractivity contribution in [3.05, 3.63) is 126 Å². The summed E-state index contributed by atoms with van der Waals surface area (Å²) in [5.41, 5.74) is 15.5. The lowest BCUT2D eigenvalue weighted by Crippen LogP contribution is -2.42. The molecule has 0 saturated carbocycles. The zero-order valence-electron chi connectivity index (χ0n) is 29.2. The van der Waals surface area contributed by atoms with Crippen LogP contribution < -0.4 is 0 Å². The van der Waals surface area contributed by atoms with E-state index in [4.69, 9.17) is 4.98 Å². The first-order valence-electron chi connectivity index (χ1n) is 17.4. The molecule has 236 valence electrons. The van der Waals surface area contributed by atoms with Gasteiger partial charge in [0.2, 0.25) is 0 Å². The number of nitrogens with zero attached hydrogens (tertiary/aromatic N) is 3. The maximum absolute atomic E-state index is 5.37. The topological polar surface area (TPSA) is 22.2 Å². The molecule has 3 heteroatoms. The highest BCUT2D eigenvalue weighted by molar-refractivity contribution is 6.13. The Labute approximate surface area is 281 Å². The molecule has 0 bridgehead atoms. The van der Waals surface area contributed by atoms with E-state index in [1.54, 1.807) is 0 Å². The van der Waals surface area contributed by atoms with Gasteiger partial charge >= 0.3 is 0 Å². The lowest BCUT2D eigenvalue weighted by atomic mass is 9.59. The number of imidazole rings is 1. The van der Waals surface area contributed by atoms with Gasteiger partial charge in [-0.2, -0.15) is 0 Å². The van der Waals surface area contributed by atoms with Crippen LogP contribution in [-0.4, -0.2) is 14.0 Å². The largest absolute Gasteiger partial charge is 0.309 e. The van der Waals surface area contributed by atoms with E-state index in [-0.39, 0.29) is 21.7 Å². The van der Waals surface area contributed by atoms with Crippen LogP contribution in [0.25, 0.3) is 66.1 Å². The number of fused-ring (bicyclic) bond motifs is 12. The molecule has 48 heavy (non-hydrogen) atoms. The molecule has 3 aromatic heterocycles. The number of pyridine rings is 1. The Balaban J connectivity index is 1.25. The van der Waals surface area contributed by atoms with E-state index in [9.17, 15) is 0 Å². The number of hydrogen-bond acceptors (Lipinski definition) is 1. The summed E-state index contributed by atoms with van der Waals surface area (Å²) in [6, 6.07) is 36.6. The molecular weight excluding hydrogens is 583 g/mol. The minimum absolute atomic E-state index is 0.0394. The summed E-state index contributed by atoms with van der Waals surface area (Å²) in [6.45, 7) is 19.2. The van der Waals surface area contributed by atoms with E-state index in [0.29, 0.717) is 0 Å². The second-order valence-electron chi connectivity index (χ2n) is 16.6. The lowest BCUT2D eigenvalue weighted by molar-refractivity contribution is 0.125. The Morgan fingerprint density at radius 1 is 0.500 bits per heavy atom. The number of aromatic nitrogens is 3. The predicted octanol–water partition coefficient (Wildman–Crippen LogP) is 11.6. The van der Waals surface area contributed by atoms with Gasteiger partial charge < -0.3 is 4.57 Å². The van der Waals surface area contributed by atoms with Crippen molar-refractivity contribution in [1.82, 2.24) is 14.0 Å². The van der Waals surface area contributed by atoms with E-state index in [1.807, 2.05) is 0 Å². The molecule has 0 atom stereocenters. The molecule has 10 rings (SSSR count). The molecule has 0 N–H and O–H groups in total. The summed E-state index contributed by atoms with van der Waals surface area (Å²) in [7, 11) is 0. The van der Waals surface area contributed by atoms with Gasteiger partial charge in [-0.3, -0.25) is 4.40 Å². The van der Waals surface area contributed by atoms with Crippen LogP contribution in [0, 0.1) is 5.41 Å². The maximum Gasteiger partial charge on any atom is 0.145 e. The Bertz CT molecular complexity index is 2730. The average molecular weight is 624 g/mol. The normalized spacial score (nSPS) is 18.2. The van der Waals surface area contributed by atoms with Crippen molar-refractivity contribution in [3.8, 4) is 16.8 Å². The monoisotopic (exact) mass is 623 g/mol. The Morgan fingerprint density at radius 2 is 1.19 bits per heavy atom. The van der Waals surface area contributed by atoms with Gasteiger partial charge in [0.05, 0.1) is 27.8 Å². The summed E-state index contributed by atoms with van der Waals surface area (Å²) in [5.74, 6) is 0. The van der Waals surface area contributed by atoms with Gasteiger partial charge in [0, 0.05) is 33.2 Å². The predicted molar refractivity (Wildman–Crippen MR) is 202 cm³/mol. The van der Waals surface area contributed by atoms with Crippen LogP contribution >= 0.6 is 0 Å². The van der Waals surface area contributed by atoms with E-state index < -0.39 is 0 Å². The molecule has 2 aliphatic carbocycles. The third-order valence-electron chi connectivity index (χ3n) is 13.6. The number of benzene rings is 5. The Hall–Kier alpha value is -4.89. The van der Waals surface area contributed by atoms with Crippen molar-refractivity contribution >= 4 is 49.3 Å². The molecule has 0 spiro atoms. The highest BCUT2D eigenvalue weighted by Crippen LogP contribution is 2.62. The molecule has 2 aliphatic rings. The molecule has 0 radical (unpaired) electrons. The first-order valence-corrected chi connectivity index (χ1v) is 17.4. The minimum atomic E-state index is -0.0685. The summed E-state index contributed by atoms with van der Waals surface area (Å²) in [4.78, 5) is 5.37. The van der Waals surface area contributed by atoms with E-state index in [1.165, 1.54) is 77.2 Å². The van der Waals surface area contributed by atoms with Crippen molar-refractivity contribution in [2.45, 2.75) is 71.6 Å². The standard InChI is InChI=1S/C45H41N3/c1-42(2)32-17-11-9-14-26(32)30-22-31-27-15-10-12-18-37(27)48(39(31)24-33(30)42)38-19-13-16-29-28(38)20-21-47-40-25-35-34(23-36(40)46-41(29)47)43(3,4)45(7,8)44(35,5)6/h9-25H,1-8H3. The molecule has 3 nitrogen and oxygen atoms in total. The van der Waals surface area contributed by atoms with Crippen LogP contribution in [0.15, 0.2) is 103 Å². The fourth-order valence-corrected chi connectivity index (χ4v) is 9.66. The van der Waals surface area contributed by atoms with Crippen molar-refractivity contribution in [2.75, 3.05) is 0 Å². The highest BCUT2D eigenvalue weighted by atomic mass is 15.0. The number of para-hydroxylation sites is 1. The summed E-state index contributed by atoms with van der Waals surface area (Å²) in [6.07, 6.45) is 2.24. The highest BCUT2D eigenvalue weighted by Gasteiger charge is 2.57. The molecular formula is C45H41N3. The van der Waals surface area contributed by atoms with Crippen LogP contribution in [0.4, 0.5) is 0 Å². The van der Waals surface area contributed by atoms with Crippen molar-refractivity contribution in [1.29, 1.82) is 0 Å². The Kier molecular flexibility index (Phi) is 5.03. The molecule has 0 saturated heterocycles. The zero-order valence-corrected chi connectivity index (χ0v) is 29.2. The molecule has 0 amide bonds. The molecule has 8 aromatic rings. The van der Waals surface area contributed by atoms with Crippen LogP contribution in [0.1, 0.15) is 77.6 Å². The SMILES string of the molecule is CC1(C)c2ccccc2-c2cc3c4ccccc4n(-c4cccc5c4ccn4c6cc7c(cc6nc54)C(C)(C)C(C)(C)C7(C)C)c3cc21. The smallest absolute Gasteiger partial charge is 0.145 e. The summed E-state index contributed by atoms with van der Waals surface area (Å²) in [5, 5.41) is 4.96. The van der Waals surface area contributed by atoms with Crippen molar-refractivity contribution in [3.63, 3.8) is 0 Å². The third-order valence-corrected chi connectivity index (χ3v) is 13.6. The zero-order chi connectivity index (χ0) is 33.1. The third kappa shape index (κ3) is 3.10. The quantitative estimate of drug-likeness (QED) is 0.178. The molecule has 5 aromatic carbocycles. The van der Waals surface area contributed by atoms with Crippen molar-refractivity contribution in [2.24, 2.45) is 5.41 Å². The number of rotatable bonds is 1. The molecule has 3 heterocycles. The van der Waals surface area contributed by atoms with Gasteiger partial charge in [0.1, 0.15) is 5.65 Å². The van der Waals surface area contributed by atoms with Gasteiger partial charge in [-0.25, -0.2) is 4.98 Å². The average Bonchev–Trinajstić information content (AvgIpc) is 3.70. The van der Waals surface area contributed by atoms with E-state index in [2.05, 4.69) is 168 Å². The fourth-order valence-electron chi connectivity index (χ4n) is 9.66.